The number of rotatable bonds is 3. The highest BCUT2D eigenvalue weighted by Crippen LogP contribution is 2.27. The van der Waals surface area contributed by atoms with Crippen molar-refractivity contribution < 1.29 is 9.53 Å². The third kappa shape index (κ3) is 2.71. The van der Waals surface area contributed by atoms with Gasteiger partial charge in [-0.1, -0.05) is 6.92 Å². The number of carbonyl (C=O) groups is 1. The van der Waals surface area contributed by atoms with Crippen LogP contribution in [0.4, 0.5) is 0 Å². The average molecular weight is 199 g/mol. The number of methoxy groups -OCH3 is 1. The maximum atomic E-state index is 11.5. The van der Waals surface area contributed by atoms with E-state index in [1.807, 2.05) is 0 Å². The van der Waals surface area contributed by atoms with Gasteiger partial charge in [0.15, 0.2) is 0 Å². The summed E-state index contributed by atoms with van der Waals surface area (Å²) in [6.45, 7) is 4.29. The zero-order chi connectivity index (χ0) is 10.6. The molecule has 1 aliphatic heterocycles. The van der Waals surface area contributed by atoms with Crippen molar-refractivity contribution in [1.82, 2.24) is 4.90 Å². The van der Waals surface area contributed by atoms with Gasteiger partial charge in [-0.3, -0.25) is 4.79 Å². The molecule has 0 spiro atoms. The van der Waals surface area contributed by atoms with Crippen LogP contribution < -0.4 is 0 Å². The maximum Gasteiger partial charge on any atom is 0.308 e. The standard InChI is InChI=1S/C11H21NO2/c1-4-10(11(13)14-3)9-5-7-12(2)8-6-9/h9-10H,4-8H2,1-3H3. The molecule has 0 amide bonds. The van der Waals surface area contributed by atoms with Crippen LogP contribution in [0.25, 0.3) is 0 Å². The Morgan fingerprint density at radius 1 is 1.50 bits per heavy atom. The number of ether oxygens (including phenoxy) is 1. The second-order valence-corrected chi connectivity index (χ2v) is 4.18. The molecular weight excluding hydrogens is 178 g/mol. The Hall–Kier alpha value is -0.570. The molecule has 1 aliphatic rings. The van der Waals surface area contributed by atoms with Crippen molar-refractivity contribution in [3.63, 3.8) is 0 Å². The Balaban J connectivity index is 2.48. The molecule has 0 N–H and O–H groups in total. The minimum Gasteiger partial charge on any atom is -0.469 e. The van der Waals surface area contributed by atoms with Gasteiger partial charge in [-0.15, -0.1) is 0 Å². The smallest absolute Gasteiger partial charge is 0.308 e. The van der Waals surface area contributed by atoms with E-state index in [1.165, 1.54) is 7.11 Å². The first-order chi connectivity index (χ1) is 6.69. The highest BCUT2D eigenvalue weighted by atomic mass is 16.5. The number of hydrogen-bond acceptors (Lipinski definition) is 3. The molecule has 3 heteroatoms. The molecule has 1 unspecified atom stereocenters. The SMILES string of the molecule is CCC(C(=O)OC)C1CCN(C)CC1. The van der Waals surface area contributed by atoms with Gasteiger partial charge in [-0.05, 0) is 45.3 Å². The summed E-state index contributed by atoms with van der Waals surface area (Å²) < 4.78 is 4.83. The molecule has 82 valence electrons. The largest absolute Gasteiger partial charge is 0.469 e. The maximum absolute atomic E-state index is 11.5. The van der Waals surface area contributed by atoms with Gasteiger partial charge in [0, 0.05) is 0 Å². The summed E-state index contributed by atoms with van der Waals surface area (Å²) in [5.41, 5.74) is 0. The molecule has 1 fully saturated rings. The topological polar surface area (TPSA) is 29.5 Å². The summed E-state index contributed by atoms with van der Waals surface area (Å²) in [4.78, 5) is 13.8. The van der Waals surface area contributed by atoms with Gasteiger partial charge in [-0.2, -0.15) is 0 Å². The summed E-state index contributed by atoms with van der Waals surface area (Å²) in [5.74, 6) is 0.624. The first kappa shape index (κ1) is 11.5. The predicted octanol–water partition coefficient (Wildman–Crippen LogP) is 1.53. The molecule has 1 saturated heterocycles. The fourth-order valence-corrected chi connectivity index (χ4v) is 2.27. The number of likely N-dealkylation sites (tertiary alicyclic amines) is 1. The summed E-state index contributed by atoms with van der Waals surface area (Å²) in [7, 11) is 3.62. The van der Waals surface area contributed by atoms with Crippen LogP contribution in [0.15, 0.2) is 0 Å². The highest BCUT2D eigenvalue weighted by molar-refractivity contribution is 5.72. The zero-order valence-electron chi connectivity index (χ0n) is 9.45. The third-order valence-electron chi connectivity index (χ3n) is 3.28. The molecule has 3 nitrogen and oxygen atoms in total. The third-order valence-corrected chi connectivity index (χ3v) is 3.28. The quantitative estimate of drug-likeness (QED) is 0.646. The average Bonchev–Trinajstić information content (AvgIpc) is 2.21. The van der Waals surface area contributed by atoms with E-state index in [1.54, 1.807) is 0 Å². The molecule has 14 heavy (non-hydrogen) atoms. The summed E-state index contributed by atoms with van der Waals surface area (Å²) in [6.07, 6.45) is 3.16. The van der Waals surface area contributed by atoms with Crippen LogP contribution in [0, 0.1) is 11.8 Å². The van der Waals surface area contributed by atoms with Gasteiger partial charge in [-0.25, -0.2) is 0 Å². The van der Waals surface area contributed by atoms with Gasteiger partial charge < -0.3 is 9.64 Å². The molecular formula is C11H21NO2. The van der Waals surface area contributed by atoms with E-state index in [-0.39, 0.29) is 11.9 Å². The van der Waals surface area contributed by atoms with Crippen LogP contribution in [-0.4, -0.2) is 38.1 Å². The lowest BCUT2D eigenvalue weighted by molar-refractivity contribution is -0.148. The van der Waals surface area contributed by atoms with E-state index < -0.39 is 0 Å². The van der Waals surface area contributed by atoms with Crippen LogP contribution in [0.1, 0.15) is 26.2 Å². The zero-order valence-corrected chi connectivity index (χ0v) is 9.45. The fourth-order valence-electron chi connectivity index (χ4n) is 2.27. The van der Waals surface area contributed by atoms with Crippen molar-refractivity contribution >= 4 is 5.97 Å². The van der Waals surface area contributed by atoms with Crippen LogP contribution in [0.5, 0.6) is 0 Å². The number of carbonyl (C=O) groups excluding carboxylic acids is 1. The van der Waals surface area contributed by atoms with E-state index in [0.29, 0.717) is 5.92 Å². The van der Waals surface area contributed by atoms with Crippen LogP contribution in [0.3, 0.4) is 0 Å². The van der Waals surface area contributed by atoms with Gasteiger partial charge in [0.1, 0.15) is 0 Å². The first-order valence-corrected chi connectivity index (χ1v) is 5.45. The van der Waals surface area contributed by atoms with Crippen molar-refractivity contribution in [1.29, 1.82) is 0 Å². The highest BCUT2D eigenvalue weighted by Gasteiger charge is 2.29. The molecule has 0 aromatic rings. The van der Waals surface area contributed by atoms with E-state index in [2.05, 4.69) is 18.9 Å². The number of esters is 1. The first-order valence-electron chi connectivity index (χ1n) is 5.45. The number of hydrogen-bond donors (Lipinski definition) is 0. The lowest BCUT2D eigenvalue weighted by atomic mass is 9.83. The predicted molar refractivity (Wildman–Crippen MR) is 56.0 cm³/mol. The van der Waals surface area contributed by atoms with E-state index in [4.69, 9.17) is 4.74 Å². The minimum atomic E-state index is -0.0259. The Morgan fingerprint density at radius 2 is 2.07 bits per heavy atom. The van der Waals surface area contributed by atoms with Gasteiger partial charge in [0.25, 0.3) is 0 Å². The van der Waals surface area contributed by atoms with Crippen molar-refractivity contribution in [2.75, 3.05) is 27.2 Å². The number of piperidine rings is 1. The number of nitrogens with zero attached hydrogens (tertiary/aromatic N) is 1. The Morgan fingerprint density at radius 3 is 2.50 bits per heavy atom. The molecule has 1 atom stereocenters. The van der Waals surface area contributed by atoms with Gasteiger partial charge in [0.05, 0.1) is 13.0 Å². The summed E-state index contributed by atoms with van der Waals surface area (Å²) in [6, 6.07) is 0. The van der Waals surface area contributed by atoms with Crippen molar-refractivity contribution in [3.8, 4) is 0 Å². The fraction of sp³-hybridized carbons (Fsp3) is 0.909. The minimum absolute atomic E-state index is 0.0259. The second kappa shape index (κ2) is 5.35. The molecule has 0 aromatic carbocycles. The summed E-state index contributed by atoms with van der Waals surface area (Å²) in [5, 5.41) is 0. The van der Waals surface area contributed by atoms with Gasteiger partial charge in [0.2, 0.25) is 0 Å². The lowest BCUT2D eigenvalue weighted by Crippen LogP contribution is -2.36. The van der Waals surface area contributed by atoms with Gasteiger partial charge >= 0.3 is 5.97 Å². The molecule has 0 saturated carbocycles. The van der Waals surface area contributed by atoms with Crippen LogP contribution in [0.2, 0.25) is 0 Å². The normalized spacial score (nSPS) is 21.9. The van der Waals surface area contributed by atoms with Crippen LogP contribution >= 0.6 is 0 Å². The van der Waals surface area contributed by atoms with Crippen molar-refractivity contribution in [2.45, 2.75) is 26.2 Å². The summed E-state index contributed by atoms with van der Waals surface area (Å²) >= 11 is 0. The molecule has 0 aromatic heterocycles. The Kier molecular flexibility index (Phi) is 4.39. The van der Waals surface area contributed by atoms with Crippen LogP contribution in [-0.2, 0) is 9.53 Å². The van der Waals surface area contributed by atoms with Crippen molar-refractivity contribution in [3.05, 3.63) is 0 Å². The molecule has 1 rings (SSSR count). The monoisotopic (exact) mass is 199 g/mol. The Labute approximate surface area is 86.4 Å². The van der Waals surface area contributed by atoms with E-state index >= 15 is 0 Å². The Bertz CT molecular complexity index is 186. The second-order valence-electron chi connectivity index (χ2n) is 4.18. The lowest BCUT2D eigenvalue weighted by Gasteiger charge is -2.32. The molecule has 0 aliphatic carbocycles. The molecule has 0 bridgehead atoms. The van der Waals surface area contributed by atoms with Crippen molar-refractivity contribution in [2.24, 2.45) is 11.8 Å². The molecule has 0 radical (unpaired) electrons. The van der Waals surface area contributed by atoms with E-state index in [9.17, 15) is 4.79 Å². The van der Waals surface area contributed by atoms with E-state index in [0.717, 1.165) is 32.4 Å². The molecule has 1 heterocycles.